The minimum absolute atomic E-state index is 0.0926. The van der Waals surface area contributed by atoms with Gasteiger partial charge >= 0.3 is 0 Å². The van der Waals surface area contributed by atoms with Gasteiger partial charge in [0.05, 0.1) is 15.3 Å². The molecular formula is C12H13IN2. The van der Waals surface area contributed by atoms with Crippen molar-refractivity contribution in [3.8, 4) is 0 Å². The van der Waals surface area contributed by atoms with Crippen LogP contribution in [0.3, 0.4) is 0 Å². The highest BCUT2D eigenvalue weighted by Crippen LogP contribution is 2.24. The number of halogens is 1. The Morgan fingerprint density at radius 1 is 1.20 bits per heavy atom. The molecule has 0 aliphatic carbocycles. The molecule has 0 spiro atoms. The van der Waals surface area contributed by atoms with E-state index in [9.17, 15) is 0 Å². The van der Waals surface area contributed by atoms with Crippen molar-refractivity contribution in [3.05, 3.63) is 51.9 Å². The zero-order valence-electron chi connectivity index (χ0n) is 8.81. The van der Waals surface area contributed by atoms with Crippen molar-refractivity contribution in [2.45, 2.75) is 19.4 Å². The fourth-order valence-corrected chi connectivity index (χ4v) is 1.97. The molecule has 2 rings (SSSR count). The van der Waals surface area contributed by atoms with Crippen LogP contribution in [0.2, 0.25) is 0 Å². The Kier molecular flexibility index (Phi) is 2.82. The fraction of sp³-hybridized carbons (Fsp3) is 0.250. The third kappa shape index (κ3) is 2.07. The molecule has 2 aromatic rings. The minimum atomic E-state index is -0.0926. The summed E-state index contributed by atoms with van der Waals surface area (Å²) in [5.41, 5.74) is 1.18. The van der Waals surface area contributed by atoms with Gasteiger partial charge in [0, 0.05) is 6.20 Å². The summed E-state index contributed by atoms with van der Waals surface area (Å²) in [5.74, 6) is 0. The maximum atomic E-state index is 4.37. The minimum Gasteiger partial charge on any atom is -0.262 e. The lowest BCUT2D eigenvalue weighted by Crippen LogP contribution is -2.28. The fourth-order valence-electron chi connectivity index (χ4n) is 1.58. The van der Waals surface area contributed by atoms with E-state index in [4.69, 9.17) is 0 Å². The lowest BCUT2D eigenvalue weighted by atomic mass is 9.95. The molecule has 0 fully saturated rings. The number of rotatable bonds is 2. The van der Waals surface area contributed by atoms with Crippen LogP contribution in [0.1, 0.15) is 19.4 Å². The van der Waals surface area contributed by atoms with Gasteiger partial charge in [-0.2, -0.15) is 5.10 Å². The second-order valence-corrected chi connectivity index (χ2v) is 5.27. The highest BCUT2D eigenvalue weighted by molar-refractivity contribution is 14.1. The smallest absolute Gasteiger partial charge is 0.0820 e. The van der Waals surface area contributed by atoms with Gasteiger partial charge in [-0.15, -0.1) is 0 Å². The van der Waals surface area contributed by atoms with Crippen LogP contribution in [0.4, 0.5) is 0 Å². The van der Waals surface area contributed by atoms with Crippen LogP contribution in [-0.2, 0) is 5.54 Å². The zero-order chi connectivity index (χ0) is 10.9. The summed E-state index contributed by atoms with van der Waals surface area (Å²) in [5, 5.41) is 4.37. The standard InChI is InChI=1S/C12H13IN2/c1-12(2,10-6-4-3-5-7-10)15-9-11(13)8-14-15/h3-9H,1-2H3. The number of hydrogen-bond donors (Lipinski definition) is 0. The third-order valence-corrected chi connectivity index (χ3v) is 3.16. The third-order valence-electron chi connectivity index (χ3n) is 2.60. The number of hydrogen-bond acceptors (Lipinski definition) is 1. The number of aromatic nitrogens is 2. The molecule has 0 aliphatic heterocycles. The Morgan fingerprint density at radius 3 is 2.40 bits per heavy atom. The van der Waals surface area contributed by atoms with E-state index in [1.54, 1.807) is 0 Å². The Hall–Kier alpha value is -0.840. The van der Waals surface area contributed by atoms with Crippen LogP contribution in [0.5, 0.6) is 0 Å². The van der Waals surface area contributed by atoms with E-state index in [1.165, 1.54) is 5.56 Å². The molecule has 0 atom stereocenters. The van der Waals surface area contributed by atoms with Gasteiger partial charge < -0.3 is 0 Å². The highest BCUT2D eigenvalue weighted by atomic mass is 127. The van der Waals surface area contributed by atoms with Crippen LogP contribution in [0, 0.1) is 3.57 Å². The van der Waals surface area contributed by atoms with Gasteiger partial charge in [0.1, 0.15) is 0 Å². The topological polar surface area (TPSA) is 17.8 Å². The molecule has 0 bridgehead atoms. The van der Waals surface area contributed by atoms with E-state index in [0.29, 0.717) is 0 Å². The maximum absolute atomic E-state index is 4.37. The first-order chi connectivity index (χ1) is 7.10. The molecule has 0 amide bonds. The van der Waals surface area contributed by atoms with Crippen LogP contribution in [0.25, 0.3) is 0 Å². The van der Waals surface area contributed by atoms with Crippen molar-refractivity contribution in [1.29, 1.82) is 0 Å². The summed E-state index contributed by atoms with van der Waals surface area (Å²) >= 11 is 2.28. The Balaban J connectivity index is 2.43. The van der Waals surface area contributed by atoms with Gasteiger partial charge in [-0.1, -0.05) is 30.3 Å². The first kappa shape index (κ1) is 10.7. The summed E-state index contributed by atoms with van der Waals surface area (Å²) < 4.78 is 3.17. The number of nitrogens with zero attached hydrogens (tertiary/aromatic N) is 2. The molecular weight excluding hydrogens is 299 g/mol. The van der Waals surface area contributed by atoms with Crippen molar-refractivity contribution in [3.63, 3.8) is 0 Å². The van der Waals surface area contributed by atoms with Crippen molar-refractivity contribution in [2.75, 3.05) is 0 Å². The van der Waals surface area contributed by atoms with E-state index >= 15 is 0 Å². The predicted octanol–water partition coefficient (Wildman–Crippen LogP) is 3.27. The SMILES string of the molecule is CC(C)(c1ccccc1)n1cc(I)cn1. The molecule has 2 nitrogen and oxygen atoms in total. The maximum Gasteiger partial charge on any atom is 0.0820 e. The monoisotopic (exact) mass is 312 g/mol. The summed E-state index contributed by atoms with van der Waals surface area (Å²) in [6.45, 7) is 4.34. The van der Waals surface area contributed by atoms with Crippen molar-refractivity contribution in [1.82, 2.24) is 9.78 Å². The van der Waals surface area contributed by atoms with Gasteiger partial charge in [-0.05, 0) is 42.0 Å². The molecule has 1 aromatic carbocycles. The van der Waals surface area contributed by atoms with Crippen LogP contribution >= 0.6 is 22.6 Å². The molecule has 1 aromatic heterocycles. The highest BCUT2D eigenvalue weighted by Gasteiger charge is 2.22. The first-order valence-corrected chi connectivity index (χ1v) is 5.95. The van der Waals surface area contributed by atoms with Gasteiger partial charge in [-0.3, -0.25) is 4.68 Å². The molecule has 0 aliphatic rings. The number of benzene rings is 1. The largest absolute Gasteiger partial charge is 0.262 e. The summed E-state index contributed by atoms with van der Waals surface area (Å²) in [6, 6.07) is 10.4. The van der Waals surface area contributed by atoms with E-state index in [1.807, 2.05) is 16.9 Å². The molecule has 0 radical (unpaired) electrons. The molecule has 0 unspecified atom stereocenters. The zero-order valence-corrected chi connectivity index (χ0v) is 11.0. The second kappa shape index (κ2) is 3.96. The normalized spacial score (nSPS) is 11.7. The van der Waals surface area contributed by atoms with Gasteiger partial charge in [0.15, 0.2) is 0 Å². The van der Waals surface area contributed by atoms with Crippen molar-refractivity contribution in [2.24, 2.45) is 0 Å². The average Bonchev–Trinajstić information content (AvgIpc) is 2.67. The molecule has 0 N–H and O–H groups in total. The Bertz CT molecular complexity index is 446. The van der Waals surface area contributed by atoms with E-state index < -0.39 is 0 Å². The Labute approximate surface area is 103 Å². The van der Waals surface area contributed by atoms with E-state index in [0.717, 1.165) is 3.57 Å². The van der Waals surface area contributed by atoms with Gasteiger partial charge in [0.2, 0.25) is 0 Å². The lowest BCUT2D eigenvalue weighted by molar-refractivity contribution is 0.390. The molecule has 0 saturated carbocycles. The Morgan fingerprint density at radius 2 is 1.87 bits per heavy atom. The van der Waals surface area contributed by atoms with Crippen LogP contribution in [0.15, 0.2) is 42.7 Å². The molecule has 0 saturated heterocycles. The molecule has 3 heteroatoms. The summed E-state index contributed by atoms with van der Waals surface area (Å²) in [4.78, 5) is 0. The average molecular weight is 312 g/mol. The van der Waals surface area contributed by atoms with Crippen molar-refractivity contribution < 1.29 is 0 Å². The summed E-state index contributed by atoms with van der Waals surface area (Å²) in [7, 11) is 0. The quantitative estimate of drug-likeness (QED) is 0.778. The van der Waals surface area contributed by atoms with E-state index in [-0.39, 0.29) is 5.54 Å². The van der Waals surface area contributed by atoms with Crippen molar-refractivity contribution >= 4 is 22.6 Å². The molecule has 15 heavy (non-hydrogen) atoms. The molecule has 78 valence electrons. The van der Waals surface area contributed by atoms with Crippen LogP contribution < -0.4 is 0 Å². The van der Waals surface area contributed by atoms with Gasteiger partial charge in [-0.25, -0.2) is 0 Å². The van der Waals surface area contributed by atoms with Gasteiger partial charge in [0.25, 0.3) is 0 Å². The van der Waals surface area contributed by atoms with E-state index in [2.05, 4.69) is 72.0 Å². The van der Waals surface area contributed by atoms with Crippen LogP contribution in [-0.4, -0.2) is 9.78 Å². The summed E-state index contributed by atoms with van der Waals surface area (Å²) in [6.07, 6.45) is 3.94. The molecule has 1 heterocycles. The second-order valence-electron chi connectivity index (χ2n) is 4.03. The lowest BCUT2D eigenvalue weighted by Gasteiger charge is -2.25. The first-order valence-electron chi connectivity index (χ1n) is 4.87. The predicted molar refractivity (Wildman–Crippen MR) is 69.8 cm³/mol.